The van der Waals surface area contributed by atoms with Gasteiger partial charge < -0.3 is 24.5 Å². The van der Waals surface area contributed by atoms with Crippen molar-refractivity contribution in [3.63, 3.8) is 0 Å². The van der Waals surface area contributed by atoms with Gasteiger partial charge in [0.25, 0.3) is 0 Å². The number of unbranched alkanes of at least 4 members (excludes halogenated alkanes) is 2. The molecule has 3 atom stereocenters. The number of aromatic nitrogens is 4. The molecule has 4 N–H and O–H groups in total. The maximum absolute atomic E-state index is 14.1. The number of nitrogen functional groups attached to an aromatic ring is 1. The second-order valence-corrected chi connectivity index (χ2v) is 12.8. The van der Waals surface area contributed by atoms with Crippen LogP contribution in [0.15, 0.2) is 12.7 Å². The van der Waals surface area contributed by atoms with E-state index in [-0.39, 0.29) is 24.9 Å². The summed E-state index contributed by atoms with van der Waals surface area (Å²) < 4.78 is 32.8. The predicted molar refractivity (Wildman–Crippen MR) is 147 cm³/mol. The van der Waals surface area contributed by atoms with E-state index >= 15 is 0 Å². The standard InChI is InChI=1S/C25H42N7O6P/c1-6-7-8-12-36-24(34)25(4,5)31-39(35,30-18(3)23(33)38-19-10-9-11-19)16-37-17(2)13-32-15-29-20-21(26)27-14-28-22(20)32/h14-15,17-19H,6-13,16H2,1-5H3,(H2,26,27,28)(H2,30,31,35)/t17-,18-,39+/m1/s1. The van der Waals surface area contributed by atoms with Crippen LogP contribution in [0.3, 0.4) is 0 Å². The third kappa shape index (κ3) is 8.69. The van der Waals surface area contributed by atoms with Gasteiger partial charge in [-0.2, -0.15) is 0 Å². The molecule has 0 radical (unpaired) electrons. The van der Waals surface area contributed by atoms with Gasteiger partial charge in [-0.05, 0) is 53.4 Å². The van der Waals surface area contributed by atoms with Gasteiger partial charge in [0.15, 0.2) is 11.5 Å². The minimum Gasteiger partial charge on any atom is -0.464 e. The Hall–Kier alpha value is -2.60. The molecule has 1 fully saturated rings. The number of carbonyl (C=O) groups is 2. The van der Waals surface area contributed by atoms with Crippen molar-refractivity contribution in [2.75, 3.05) is 18.7 Å². The normalized spacial score (nSPS) is 17.3. The fourth-order valence-electron chi connectivity index (χ4n) is 4.01. The Bertz CT molecular complexity index is 1170. The number of imidazole rings is 1. The first kappa shape index (κ1) is 30.9. The molecule has 0 saturated heterocycles. The van der Waals surface area contributed by atoms with Crippen molar-refractivity contribution >= 4 is 36.4 Å². The van der Waals surface area contributed by atoms with E-state index in [0.717, 1.165) is 38.5 Å². The zero-order chi connectivity index (χ0) is 28.6. The second kappa shape index (κ2) is 13.6. The molecule has 2 aromatic heterocycles. The number of carbonyl (C=O) groups excluding carboxylic acids is 2. The van der Waals surface area contributed by atoms with Gasteiger partial charge in [-0.3, -0.25) is 14.2 Å². The molecule has 1 saturated carbocycles. The molecule has 2 heterocycles. The molecule has 2 aromatic rings. The van der Waals surface area contributed by atoms with Crippen LogP contribution in [0.2, 0.25) is 0 Å². The number of rotatable bonds is 16. The summed E-state index contributed by atoms with van der Waals surface area (Å²) in [7, 11) is -3.68. The molecule has 0 unspecified atom stereocenters. The molecule has 39 heavy (non-hydrogen) atoms. The average Bonchev–Trinajstić information content (AvgIpc) is 3.26. The molecule has 1 aliphatic carbocycles. The van der Waals surface area contributed by atoms with E-state index < -0.39 is 37.1 Å². The lowest BCUT2D eigenvalue weighted by Gasteiger charge is -2.33. The number of ether oxygens (including phenoxy) is 3. The van der Waals surface area contributed by atoms with Crippen molar-refractivity contribution < 1.29 is 28.4 Å². The molecule has 0 spiro atoms. The van der Waals surface area contributed by atoms with Crippen LogP contribution in [0.1, 0.15) is 73.1 Å². The topological polar surface area (TPSA) is 173 Å². The van der Waals surface area contributed by atoms with Crippen molar-refractivity contribution in [1.82, 2.24) is 29.7 Å². The summed E-state index contributed by atoms with van der Waals surface area (Å²) in [4.78, 5) is 37.9. The number of hydrogen-bond donors (Lipinski definition) is 3. The second-order valence-electron chi connectivity index (χ2n) is 10.6. The van der Waals surface area contributed by atoms with Crippen LogP contribution >= 0.6 is 7.44 Å². The first-order chi connectivity index (χ1) is 18.4. The first-order valence-corrected chi connectivity index (χ1v) is 15.4. The Morgan fingerprint density at radius 1 is 1.23 bits per heavy atom. The smallest absolute Gasteiger partial charge is 0.326 e. The van der Waals surface area contributed by atoms with Gasteiger partial charge in [-0.1, -0.05) is 19.8 Å². The van der Waals surface area contributed by atoms with Crippen LogP contribution < -0.4 is 15.9 Å². The molecular formula is C25H42N7O6P. The van der Waals surface area contributed by atoms with Crippen LogP contribution in [-0.2, 0) is 34.9 Å². The van der Waals surface area contributed by atoms with Crippen molar-refractivity contribution in [3.8, 4) is 0 Å². The first-order valence-electron chi connectivity index (χ1n) is 13.5. The number of fused-ring (bicyclic) bond motifs is 1. The summed E-state index contributed by atoms with van der Waals surface area (Å²) in [5.41, 5.74) is 5.59. The summed E-state index contributed by atoms with van der Waals surface area (Å²) in [6.45, 7) is 9.25. The number of esters is 2. The molecule has 0 aromatic carbocycles. The highest BCUT2D eigenvalue weighted by molar-refractivity contribution is 7.59. The van der Waals surface area contributed by atoms with Crippen LogP contribution in [0.25, 0.3) is 11.2 Å². The lowest BCUT2D eigenvalue weighted by Crippen LogP contribution is -2.50. The fourth-order valence-corrected chi connectivity index (χ4v) is 6.40. The van der Waals surface area contributed by atoms with Gasteiger partial charge in [0.2, 0.25) is 7.44 Å². The summed E-state index contributed by atoms with van der Waals surface area (Å²) >= 11 is 0. The number of nitrogens with two attached hydrogens (primary N) is 1. The highest BCUT2D eigenvalue weighted by atomic mass is 31.2. The lowest BCUT2D eigenvalue weighted by atomic mass is 9.96. The van der Waals surface area contributed by atoms with Crippen LogP contribution in [0.4, 0.5) is 5.82 Å². The minimum atomic E-state index is -3.68. The van der Waals surface area contributed by atoms with Crippen LogP contribution in [-0.4, -0.2) is 68.2 Å². The van der Waals surface area contributed by atoms with Crippen molar-refractivity contribution in [3.05, 3.63) is 12.7 Å². The number of anilines is 1. The maximum Gasteiger partial charge on any atom is 0.326 e. The quantitative estimate of drug-likeness (QED) is 0.154. The number of hydrogen-bond acceptors (Lipinski definition) is 10. The van der Waals surface area contributed by atoms with Crippen LogP contribution in [0, 0.1) is 0 Å². The van der Waals surface area contributed by atoms with Crippen molar-refractivity contribution in [2.24, 2.45) is 0 Å². The average molecular weight is 568 g/mol. The summed E-state index contributed by atoms with van der Waals surface area (Å²) in [5, 5.41) is 5.78. The molecule has 0 bridgehead atoms. The van der Waals surface area contributed by atoms with Gasteiger partial charge in [0, 0.05) is 0 Å². The Morgan fingerprint density at radius 3 is 2.64 bits per heavy atom. The van der Waals surface area contributed by atoms with E-state index in [4.69, 9.17) is 19.9 Å². The summed E-state index contributed by atoms with van der Waals surface area (Å²) in [6.07, 6.45) is 7.46. The van der Waals surface area contributed by atoms with E-state index in [0.29, 0.717) is 17.7 Å². The largest absolute Gasteiger partial charge is 0.464 e. The van der Waals surface area contributed by atoms with E-state index in [1.807, 2.05) is 6.92 Å². The summed E-state index contributed by atoms with van der Waals surface area (Å²) in [6, 6.07) is -0.892. The van der Waals surface area contributed by atoms with Crippen molar-refractivity contribution in [2.45, 2.75) is 103 Å². The SMILES string of the molecule is CCCCCOC(=O)C(C)(C)N[P@](=O)(CO[C@H](C)Cn1cnc2c(N)ncnc21)N[C@H](C)C(=O)OC1CCC1. The molecule has 218 valence electrons. The molecule has 0 amide bonds. The monoisotopic (exact) mass is 567 g/mol. The third-order valence-electron chi connectivity index (χ3n) is 6.47. The lowest BCUT2D eigenvalue weighted by molar-refractivity contribution is -0.154. The number of nitrogens with zero attached hydrogens (tertiary/aromatic N) is 4. The molecule has 3 rings (SSSR count). The van der Waals surface area contributed by atoms with Crippen molar-refractivity contribution in [1.29, 1.82) is 0 Å². The fraction of sp³-hybridized carbons (Fsp3) is 0.720. The maximum atomic E-state index is 14.1. The highest BCUT2D eigenvalue weighted by Crippen LogP contribution is 2.40. The molecule has 13 nitrogen and oxygen atoms in total. The molecular weight excluding hydrogens is 525 g/mol. The molecule has 0 aliphatic heterocycles. The van der Waals surface area contributed by atoms with Gasteiger partial charge in [-0.25, -0.2) is 25.1 Å². The van der Waals surface area contributed by atoms with E-state index in [1.165, 1.54) is 6.33 Å². The van der Waals surface area contributed by atoms with Crippen LogP contribution in [0.5, 0.6) is 0 Å². The van der Waals surface area contributed by atoms with Gasteiger partial charge in [0.1, 0.15) is 35.9 Å². The van der Waals surface area contributed by atoms with Gasteiger partial charge >= 0.3 is 11.9 Å². The Kier molecular flexibility index (Phi) is 10.8. The van der Waals surface area contributed by atoms with Gasteiger partial charge in [-0.15, -0.1) is 0 Å². The van der Waals surface area contributed by atoms with E-state index in [9.17, 15) is 14.2 Å². The highest BCUT2D eigenvalue weighted by Gasteiger charge is 2.39. The van der Waals surface area contributed by atoms with E-state index in [2.05, 4.69) is 32.1 Å². The summed E-state index contributed by atoms with van der Waals surface area (Å²) in [5.74, 6) is -0.769. The zero-order valence-electron chi connectivity index (χ0n) is 23.5. The zero-order valence-corrected chi connectivity index (χ0v) is 24.4. The Morgan fingerprint density at radius 2 is 1.97 bits per heavy atom. The number of nitrogens with one attached hydrogen (secondary N) is 2. The third-order valence-corrected chi connectivity index (χ3v) is 8.70. The van der Waals surface area contributed by atoms with E-state index in [1.54, 1.807) is 31.7 Å². The van der Waals surface area contributed by atoms with Gasteiger partial charge in [0.05, 0.1) is 25.6 Å². The Labute approximate surface area is 229 Å². The predicted octanol–water partition coefficient (Wildman–Crippen LogP) is 3.14. The molecule has 14 heteroatoms. The minimum absolute atomic E-state index is 0.109. The molecule has 1 aliphatic rings. The Balaban J connectivity index is 1.68.